The number of hydrogen-bond donors (Lipinski definition) is 0. The van der Waals surface area contributed by atoms with Crippen molar-refractivity contribution in [3.63, 3.8) is 0 Å². The van der Waals surface area contributed by atoms with E-state index in [0.29, 0.717) is 0 Å². The van der Waals surface area contributed by atoms with Gasteiger partial charge in [0.15, 0.2) is 0 Å². The molecule has 0 nitrogen and oxygen atoms in total. The van der Waals surface area contributed by atoms with E-state index in [0.717, 1.165) is 15.9 Å². The summed E-state index contributed by atoms with van der Waals surface area (Å²) in [5.41, 5.74) is 3.44. The van der Waals surface area contributed by atoms with E-state index in [2.05, 4.69) is 22.5 Å². The van der Waals surface area contributed by atoms with Gasteiger partial charge in [0.2, 0.25) is 0 Å². The summed E-state index contributed by atoms with van der Waals surface area (Å²) >= 11 is 9.20. The molecular weight excluding hydrogens is 235 g/mol. The Balaban J connectivity index is 3.09. The van der Waals surface area contributed by atoms with E-state index in [-0.39, 0.29) is 0 Å². The SMILES string of the molecule is C=C(CBr)c1ccc(Cl)cc1C. The fourth-order valence-electron chi connectivity index (χ4n) is 1.10. The number of hydrogen-bond acceptors (Lipinski definition) is 0. The van der Waals surface area contributed by atoms with Crippen molar-refractivity contribution < 1.29 is 0 Å². The third-order valence-corrected chi connectivity index (χ3v) is 2.64. The number of allylic oxidation sites excluding steroid dienone is 1. The highest BCUT2D eigenvalue weighted by atomic mass is 79.9. The lowest BCUT2D eigenvalue weighted by Gasteiger charge is -2.06. The maximum atomic E-state index is 5.82. The molecule has 1 rings (SSSR count). The fraction of sp³-hybridized carbons (Fsp3) is 0.200. The quantitative estimate of drug-likeness (QED) is 0.690. The molecule has 0 bridgehead atoms. The lowest BCUT2D eigenvalue weighted by molar-refractivity contribution is 1.42. The van der Waals surface area contributed by atoms with Crippen molar-refractivity contribution >= 4 is 33.1 Å². The van der Waals surface area contributed by atoms with Crippen LogP contribution < -0.4 is 0 Å². The van der Waals surface area contributed by atoms with Gasteiger partial charge >= 0.3 is 0 Å². The summed E-state index contributed by atoms with van der Waals surface area (Å²) in [4.78, 5) is 0. The van der Waals surface area contributed by atoms with E-state index >= 15 is 0 Å². The molecule has 0 N–H and O–H groups in total. The van der Waals surface area contributed by atoms with Crippen LogP contribution in [0.3, 0.4) is 0 Å². The molecule has 0 saturated heterocycles. The Bertz CT molecular complexity index is 305. The maximum Gasteiger partial charge on any atom is 0.0409 e. The Morgan fingerprint density at radius 1 is 1.58 bits per heavy atom. The number of benzene rings is 1. The Hall–Kier alpha value is -0.270. The van der Waals surface area contributed by atoms with Crippen LogP contribution in [0.4, 0.5) is 0 Å². The average molecular weight is 246 g/mol. The molecular formula is C10H10BrCl. The van der Waals surface area contributed by atoms with Gasteiger partial charge in [-0.05, 0) is 35.8 Å². The Kier molecular flexibility index (Phi) is 3.36. The van der Waals surface area contributed by atoms with Crippen molar-refractivity contribution in [3.8, 4) is 0 Å². The van der Waals surface area contributed by atoms with Crippen molar-refractivity contribution in [2.45, 2.75) is 6.92 Å². The first-order chi connectivity index (χ1) is 5.65. The van der Waals surface area contributed by atoms with Crippen molar-refractivity contribution in [2.24, 2.45) is 0 Å². The van der Waals surface area contributed by atoms with Crippen LogP contribution in [-0.4, -0.2) is 5.33 Å². The molecule has 0 aliphatic heterocycles. The van der Waals surface area contributed by atoms with Crippen LogP contribution in [0.5, 0.6) is 0 Å². The van der Waals surface area contributed by atoms with Gasteiger partial charge in [-0.3, -0.25) is 0 Å². The minimum absolute atomic E-state index is 0.777. The second kappa shape index (κ2) is 4.11. The molecule has 0 unspecified atom stereocenters. The Morgan fingerprint density at radius 3 is 2.75 bits per heavy atom. The van der Waals surface area contributed by atoms with Crippen LogP contribution in [0.1, 0.15) is 11.1 Å². The molecule has 0 heterocycles. The molecule has 1 aromatic rings. The molecule has 0 aliphatic rings. The predicted molar refractivity (Wildman–Crippen MR) is 59.0 cm³/mol. The van der Waals surface area contributed by atoms with Gasteiger partial charge in [0.25, 0.3) is 0 Å². The first-order valence-corrected chi connectivity index (χ1v) is 5.15. The van der Waals surface area contributed by atoms with Gasteiger partial charge in [0.1, 0.15) is 0 Å². The second-order valence-corrected chi connectivity index (χ2v) is 3.69. The summed E-state index contributed by atoms with van der Waals surface area (Å²) in [7, 11) is 0. The van der Waals surface area contributed by atoms with Gasteiger partial charge in [0.05, 0.1) is 0 Å². The third-order valence-electron chi connectivity index (χ3n) is 1.73. The maximum absolute atomic E-state index is 5.82. The molecule has 0 amide bonds. The summed E-state index contributed by atoms with van der Waals surface area (Å²) in [6, 6.07) is 5.84. The highest BCUT2D eigenvalue weighted by molar-refractivity contribution is 9.09. The van der Waals surface area contributed by atoms with E-state index < -0.39 is 0 Å². The number of alkyl halides is 1. The molecule has 0 aliphatic carbocycles. The van der Waals surface area contributed by atoms with E-state index in [4.69, 9.17) is 11.6 Å². The minimum Gasteiger partial charge on any atom is -0.0944 e. The van der Waals surface area contributed by atoms with E-state index in [1.807, 2.05) is 25.1 Å². The second-order valence-electron chi connectivity index (χ2n) is 2.70. The standard InChI is InChI=1S/C10H10BrCl/c1-7-5-9(12)3-4-10(7)8(2)6-11/h3-5H,2,6H2,1H3. The van der Waals surface area contributed by atoms with E-state index in [1.165, 1.54) is 11.1 Å². The summed E-state index contributed by atoms with van der Waals surface area (Å²) < 4.78 is 0. The molecule has 0 spiro atoms. The lowest BCUT2D eigenvalue weighted by Crippen LogP contribution is -1.87. The zero-order valence-corrected chi connectivity index (χ0v) is 9.24. The molecule has 2 heteroatoms. The fourth-order valence-corrected chi connectivity index (χ4v) is 1.62. The summed E-state index contributed by atoms with van der Waals surface area (Å²) in [6.45, 7) is 5.98. The van der Waals surface area contributed by atoms with Crippen LogP contribution in [0.25, 0.3) is 5.57 Å². The van der Waals surface area contributed by atoms with Crippen LogP contribution in [0.15, 0.2) is 24.8 Å². The molecule has 1 aromatic carbocycles. The van der Waals surface area contributed by atoms with Crippen LogP contribution in [-0.2, 0) is 0 Å². The highest BCUT2D eigenvalue weighted by Gasteiger charge is 2.01. The van der Waals surface area contributed by atoms with E-state index in [1.54, 1.807) is 0 Å². The number of rotatable bonds is 2. The van der Waals surface area contributed by atoms with Crippen LogP contribution >= 0.6 is 27.5 Å². The molecule has 64 valence electrons. The first-order valence-electron chi connectivity index (χ1n) is 3.65. The molecule has 0 fully saturated rings. The van der Waals surface area contributed by atoms with Gasteiger partial charge in [-0.2, -0.15) is 0 Å². The van der Waals surface area contributed by atoms with E-state index in [9.17, 15) is 0 Å². The summed E-state index contributed by atoms with van der Waals surface area (Å²) in [5.74, 6) is 0. The minimum atomic E-state index is 0.777. The molecule has 0 atom stereocenters. The molecule has 0 radical (unpaired) electrons. The predicted octanol–water partition coefficient (Wildman–Crippen LogP) is 4.06. The Labute approximate surface area is 86.4 Å². The zero-order chi connectivity index (χ0) is 9.14. The van der Waals surface area contributed by atoms with Gasteiger partial charge in [-0.15, -0.1) is 0 Å². The van der Waals surface area contributed by atoms with Gasteiger partial charge in [0, 0.05) is 10.4 Å². The average Bonchev–Trinajstić information content (AvgIpc) is 2.03. The molecule has 0 saturated carbocycles. The van der Waals surface area contributed by atoms with Crippen molar-refractivity contribution in [1.82, 2.24) is 0 Å². The van der Waals surface area contributed by atoms with Gasteiger partial charge in [-0.25, -0.2) is 0 Å². The molecule has 0 aromatic heterocycles. The Morgan fingerprint density at radius 2 is 2.25 bits per heavy atom. The molecule has 12 heavy (non-hydrogen) atoms. The lowest BCUT2D eigenvalue weighted by atomic mass is 10.0. The monoisotopic (exact) mass is 244 g/mol. The zero-order valence-electron chi connectivity index (χ0n) is 6.90. The largest absolute Gasteiger partial charge is 0.0944 e. The summed E-state index contributed by atoms with van der Waals surface area (Å²) in [5, 5.41) is 1.58. The number of aryl methyl sites for hydroxylation is 1. The summed E-state index contributed by atoms with van der Waals surface area (Å²) in [6.07, 6.45) is 0. The van der Waals surface area contributed by atoms with Crippen molar-refractivity contribution in [2.75, 3.05) is 5.33 Å². The first kappa shape index (κ1) is 9.82. The normalized spacial score (nSPS) is 9.92. The smallest absolute Gasteiger partial charge is 0.0409 e. The van der Waals surface area contributed by atoms with Gasteiger partial charge in [-0.1, -0.05) is 40.2 Å². The van der Waals surface area contributed by atoms with Crippen molar-refractivity contribution in [1.29, 1.82) is 0 Å². The number of halogens is 2. The third kappa shape index (κ3) is 2.11. The van der Waals surface area contributed by atoms with Crippen molar-refractivity contribution in [3.05, 3.63) is 40.9 Å². The topological polar surface area (TPSA) is 0 Å². The van der Waals surface area contributed by atoms with Gasteiger partial charge < -0.3 is 0 Å². The highest BCUT2D eigenvalue weighted by Crippen LogP contribution is 2.22. The van der Waals surface area contributed by atoms with Crippen LogP contribution in [0.2, 0.25) is 5.02 Å². The van der Waals surface area contributed by atoms with Crippen LogP contribution in [0, 0.1) is 6.92 Å².